The molecule has 0 saturated carbocycles. The topological polar surface area (TPSA) is 52.0 Å². The Bertz CT molecular complexity index is 372. The maximum atomic E-state index is 6.11. The van der Waals surface area contributed by atoms with Gasteiger partial charge in [0.25, 0.3) is 0 Å². The molecule has 2 aliphatic rings. The van der Waals surface area contributed by atoms with E-state index in [9.17, 15) is 0 Å². The van der Waals surface area contributed by atoms with Gasteiger partial charge in [-0.2, -0.15) is 11.8 Å². The Kier molecular flexibility index (Phi) is 4.40. The summed E-state index contributed by atoms with van der Waals surface area (Å²) in [6, 6.07) is 0.598. The van der Waals surface area contributed by atoms with Gasteiger partial charge in [0.15, 0.2) is 0 Å². The Morgan fingerprint density at radius 2 is 2.32 bits per heavy atom. The summed E-state index contributed by atoms with van der Waals surface area (Å²) >= 11 is 2.06. The molecule has 3 rings (SSSR count). The highest BCUT2D eigenvalue weighted by atomic mass is 32.2. The lowest BCUT2D eigenvalue weighted by Gasteiger charge is -2.43. The predicted octanol–water partition coefficient (Wildman–Crippen LogP) is 1.31. The van der Waals surface area contributed by atoms with E-state index in [4.69, 9.17) is 4.74 Å². The lowest BCUT2D eigenvalue weighted by molar-refractivity contribution is -0.0931. The van der Waals surface area contributed by atoms with Crippen LogP contribution >= 0.6 is 11.8 Å². The lowest BCUT2D eigenvalue weighted by Crippen LogP contribution is -2.49. The van der Waals surface area contributed by atoms with Gasteiger partial charge in [-0.25, -0.2) is 0 Å². The predicted molar refractivity (Wildman–Crippen MR) is 76.3 cm³/mol. The third-order valence-corrected chi connectivity index (χ3v) is 5.13. The van der Waals surface area contributed by atoms with Crippen molar-refractivity contribution in [1.82, 2.24) is 20.3 Å². The highest BCUT2D eigenvalue weighted by Crippen LogP contribution is 2.37. The van der Waals surface area contributed by atoms with Gasteiger partial charge in [0, 0.05) is 25.4 Å². The van der Waals surface area contributed by atoms with Crippen LogP contribution < -0.4 is 5.32 Å². The summed E-state index contributed by atoms with van der Waals surface area (Å²) in [5.41, 5.74) is 0.175. The van der Waals surface area contributed by atoms with E-state index in [1.807, 2.05) is 10.9 Å². The molecule has 3 heterocycles. The molecule has 6 heteroatoms. The zero-order chi connectivity index (χ0) is 13.0. The van der Waals surface area contributed by atoms with Crippen LogP contribution in [0.25, 0.3) is 0 Å². The van der Waals surface area contributed by atoms with Crippen molar-refractivity contribution in [2.24, 2.45) is 0 Å². The second kappa shape index (κ2) is 6.24. The molecular weight excluding hydrogens is 260 g/mol. The van der Waals surface area contributed by atoms with E-state index in [1.54, 1.807) is 6.20 Å². The molecule has 1 aromatic heterocycles. The van der Waals surface area contributed by atoms with Crippen LogP contribution in [0.15, 0.2) is 12.4 Å². The molecular formula is C13H22N4OS. The van der Waals surface area contributed by atoms with Gasteiger partial charge >= 0.3 is 0 Å². The Balaban J connectivity index is 1.45. The minimum absolute atomic E-state index is 0.175. The van der Waals surface area contributed by atoms with Crippen LogP contribution in [0.1, 0.15) is 25.7 Å². The van der Waals surface area contributed by atoms with E-state index in [2.05, 4.69) is 27.4 Å². The van der Waals surface area contributed by atoms with Gasteiger partial charge < -0.3 is 10.1 Å². The Morgan fingerprint density at radius 3 is 3.11 bits per heavy atom. The molecule has 1 N–H and O–H groups in total. The van der Waals surface area contributed by atoms with Gasteiger partial charge in [-0.15, -0.1) is 5.10 Å². The van der Waals surface area contributed by atoms with Gasteiger partial charge in [-0.05, 0) is 37.2 Å². The Morgan fingerprint density at radius 1 is 1.42 bits per heavy atom. The smallest absolute Gasteiger partial charge is 0.0713 e. The number of ether oxygens (including phenoxy) is 1. The Labute approximate surface area is 118 Å². The van der Waals surface area contributed by atoms with Crippen LogP contribution in [-0.4, -0.2) is 51.3 Å². The molecule has 0 bridgehead atoms. The maximum absolute atomic E-state index is 6.11. The molecule has 1 spiro atoms. The molecule has 2 aliphatic heterocycles. The first-order valence-electron chi connectivity index (χ1n) is 7.16. The van der Waals surface area contributed by atoms with Crippen molar-refractivity contribution < 1.29 is 4.74 Å². The van der Waals surface area contributed by atoms with Crippen molar-refractivity contribution in [3.63, 3.8) is 0 Å². The second-order valence-electron chi connectivity index (χ2n) is 5.45. The molecule has 5 nitrogen and oxygen atoms in total. The van der Waals surface area contributed by atoms with Gasteiger partial charge in [0.1, 0.15) is 0 Å². The summed E-state index contributed by atoms with van der Waals surface area (Å²) in [5.74, 6) is 2.51. The number of hydrogen-bond donors (Lipinski definition) is 1. The van der Waals surface area contributed by atoms with Crippen molar-refractivity contribution >= 4 is 11.8 Å². The fourth-order valence-electron chi connectivity index (χ4n) is 3.03. The normalized spacial score (nSPS) is 26.6. The number of thioether (sulfide) groups is 1. The highest BCUT2D eigenvalue weighted by molar-refractivity contribution is 7.99. The average molecular weight is 282 g/mol. The zero-order valence-electron chi connectivity index (χ0n) is 11.3. The zero-order valence-corrected chi connectivity index (χ0v) is 12.1. The SMILES string of the molecule is c1cn(CCNC2CCOC3(CCSCC3)C2)nn1. The second-order valence-corrected chi connectivity index (χ2v) is 6.68. The van der Waals surface area contributed by atoms with Crippen LogP contribution in [-0.2, 0) is 11.3 Å². The van der Waals surface area contributed by atoms with Crippen molar-refractivity contribution in [3.05, 3.63) is 12.4 Å². The maximum Gasteiger partial charge on any atom is 0.0713 e. The largest absolute Gasteiger partial charge is 0.375 e. The van der Waals surface area contributed by atoms with Crippen LogP contribution in [0.2, 0.25) is 0 Å². The van der Waals surface area contributed by atoms with Crippen molar-refractivity contribution in [2.75, 3.05) is 24.7 Å². The third kappa shape index (κ3) is 3.49. The van der Waals surface area contributed by atoms with Crippen LogP contribution in [0, 0.1) is 0 Å². The molecule has 0 aliphatic carbocycles. The quantitative estimate of drug-likeness (QED) is 0.902. The summed E-state index contributed by atoms with van der Waals surface area (Å²) in [6.07, 6.45) is 8.38. The van der Waals surface area contributed by atoms with E-state index < -0.39 is 0 Å². The van der Waals surface area contributed by atoms with E-state index in [1.165, 1.54) is 30.8 Å². The molecule has 0 radical (unpaired) electrons. The molecule has 1 unspecified atom stereocenters. The molecule has 106 valence electrons. The molecule has 1 aromatic rings. The lowest BCUT2D eigenvalue weighted by atomic mass is 9.85. The summed E-state index contributed by atoms with van der Waals surface area (Å²) in [4.78, 5) is 0. The molecule has 19 heavy (non-hydrogen) atoms. The summed E-state index contributed by atoms with van der Waals surface area (Å²) in [6.45, 7) is 2.75. The average Bonchev–Trinajstić information content (AvgIpc) is 2.93. The molecule has 2 saturated heterocycles. The first-order chi connectivity index (χ1) is 9.36. The third-order valence-electron chi connectivity index (χ3n) is 4.14. The van der Waals surface area contributed by atoms with Crippen LogP contribution in [0.5, 0.6) is 0 Å². The summed E-state index contributed by atoms with van der Waals surface area (Å²) < 4.78 is 7.98. The number of rotatable bonds is 4. The Hall–Kier alpha value is -0.590. The number of nitrogens with zero attached hydrogens (tertiary/aromatic N) is 3. The van der Waals surface area contributed by atoms with Crippen LogP contribution in [0.3, 0.4) is 0 Å². The fourth-order valence-corrected chi connectivity index (χ4v) is 4.27. The van der Waals surface area contributed by atoms with Gasteiger partial charge in [0.05, 0.1) is 18.3 Å². The van der Waals surface area contributed by atoms with E-state index in [0.717, 1.165) is 26.1 Å². The minimum atomic E-state index is 0.175. The van der Waals surface area contributed by atoms with E-state index >= 15 is 0 Å². The minimum Gasteiger partial charge on any atom is -0.375 e. The van der Waals surface area contributed by atoms with Gasteiger partial charge in [-0.1, -0.05) is 5.21 Å². The van der Waals surface area contributed by atoms with Gasteiger partial charge in [-0.3, -0.25) is 4.68 Å². The van der Waals surface area contributed by atoms with Crippen molar-refractivity contribution in [2.45, 2.75) is 43.9 Å². The van der Waals surface area contributed by atoms with Crippen molar-refractivity contribution in [3.8, 4) is 0 Å². The first kappa shape index (κ1) is 13.4. The first-order valence-corrected chi connectivity index (χ1v) is 8.31. The van der Waals surface area contributed by atoms with Gasteiger partial charge in [0.2, 0.25) is 0 Å². The molecule has 2 fully saturated rings. The molecule has 1 atom stereocenters. The highest BCUT2D eigenvalue weighted by Gasteiger charge is 2.38. The molecule has 0 aromatic carbocycles. The number of aromatic nitrogens is 3. The monoisotopic (exact) mass is 282 g/mol. The summed E-state index contributed by atoms with van der Waals surface area (Å²) in [7, 11) is 0. The standard InChI is InChI=1S/C13H22N4OS/c1-8-18-13(2-9-19-10-3-13)11-12(1)14-4-6-17-7-5-15-16-17/h5,7,12,14H,1-4,6,8-11H2. The van der Waals surface area contributed by atoms with E-state index in [0.29, 0.717) is 6.04 Å². The molecule has 0 amide bonds. The van der Waals surface area contributed by atoms with Crippen LogP contribution in [0.4, 0.5) is 0 Å². The van der Waals surface area contributed by atoms with E-state index in [-0.39, 0.29) is 5.60 Å². The number of nitrogens with one attached hydrogen (secondary N) is 1. The summed E-state index contributed by atoms with van der Waals surface area (Å²) in [5, 5.41) is 11.5. The fraction of sp³-hybridized carbons (Fsp3) is 0.846. The van der Waals surface area contributed by atoms with Crippen molar-refractivity contribution in [1.29, 1.82) is 0 Å². The number of hydrogen-bond acceptors (Lipinski definition) is 5.